The molecule has 0 aliphatic carbocycles. The maximum Gasteiger partial charge on any atom is 0.328 e. The van der Waals surface area contributed by atoms with E-state index in [1.807, 2.05) is 24.8 Å². The number of aryl methyl sites for hydroxylation is 1. The van der Waals surface area contributed by atoms with Crippen LogP contribution < -0.4 is 30.7 Å². The maximum absolute atomic E-state index is 13.5. The molecule has 16 heteroatoms. The number of imide groups is 1. The van der Waals surface area contributed by atoms with Crippen LogP contribution in [0.4, 0.5) is 21.3 Å². The Morgan fingerprint density at radius 2 is 1.78 bits per heavy atom. The Hall–Kier alpha value is -4.99. The topological polar surface area (TPSA) is 149 Å². The number of ether oxygens (including phenoxy) is 1. The van der Waals surface area contributed by atoms with Crippen LogP contribution in [0.25, 0.3) is 10.2 Å². The number of amides is 5. The lowest BCUT2D eigenvalue weighted by molar-refractivity contribution is -0.120. The number of nitrogens with zero attached hydrogens (tertiary/aromatic N) is 6. The van der Waals surface area contributed by atoms with Crippen LogP contribution in [-0.2, 0) is 11.8 Å². The van der Waals surface area contributed by atoms with E-state index in [0.29, 0.717) is 46.6 Å². The SMILES string of the molecule is CC(C)Oc1cc2nc(N3CCN(CC4CCN(C(=O)c5ccc(Cl)c(N6CCC(=O)NC6=O)c5)CC4)CC3)sc2cc1C(=O)Nc1cccn(C)c1=O. The van der Waals surface area contributed by atoms with Gasteiger partial charge in [-0.1, -0.05) is 22.9 Å². The molecule has 14 nitrogen and oxygen atoms in total. The summed E-state index contributed by atoms with van der Waals surface area (Å²) in [6.45, 7) is 9.68. The lowest BCUT2D eigenvalue weighted by atomic mass is 9.95. The second kappa shape index (κ2) is 15.8. The van der Waals surface area contributed by atoms with Crippen molar-refractivity contribution >= 4 is 73.4 Å². The van der Waals surface area contributed by atoms with Gasteiger partial charge in [0.25, 0.3) is 17.4 Å². The summed E-state index contributed by atoms with van der Waals surface area (Å²) in [4.78, 5) is 76.4. The van der Waals surface area contributed by atoms with Crippen LogP contribution in [-0.4, -0.2) is 102 Å². The van der Waals surface area contributed by atoms with Gasteiger partial charge in [-0.25, -0.2) is 9.78 Å². The molecule has 0 radical (unpaired) electrons. The molecule has 0 atom stereocenters. The van der Waals surface area contributed by atoms with Gasteiger partial charge in [0.2, 0.25) is 5.91 Å². The summed E-state index contributed by atoms with van der Waals surface area (Å²) in [5.41, 5.74) is 1.88. The Balaban J connectivity index is 0.937. The average molecular weight is 775 g/mol. The number of thiazole rings is 1. The van der Waals surface area contributed by atoms with Gasteiger partial charge in [0, 0.05) is 83.7 Å². The van der Waals surface area contributed by atoms with E-state index in [4.69, 9.17) is 21.3 Å². The Bertz CT molecular complexity index is 2150. The highest BCUT2D eigenvalue weighted by molar-refractivity contribution is 7.22. The third kappa shape index (κ3) is 8.08. The van der Waals surface area contributed by atoms with Gasteiger partial charge in [0.1, 0.15) is 11.4 Å². The summed E-state index contributed by atoms with van der Waals surface area (Å²) >= 11 is 7.93. The minimum Gasteiger partial charge on any atom is -0.490 e. The Morgan fingerprint density at radius 1 is 1.02 bits per heavy atom. The van der Waals surface area contributed by atoms with Crippen molar-refractivity contribution in [2.24, 2.45) is 13.0 Å². The molecule has 0 unspecified atom stereocenters. The molecule has 0 saturated carbocycles. The summed E-state index contributed by atoms with van der Waals surface area (Å²) in [7, 11) is 1.64. The van der Waals surface area contributed by atoms with Crippen molar-refractivity contribution < 1.29 is 23.9 Å². The highest BCUT2D eigenvalue weighted by atomic mass is 35.5. The summed E-state index contributed by atoms with van der Waals surface area (Å²) in [5.74, 6) is 0.0419. The number of hydrogen-bond donors (Lipinski definition) is 2. The Labute approximate surface area is 321 Å². The number of piperazine rings is 1. The molecule has 2 aromatic carbocycles. The zero-order valence-electron chi connectivity index (χ0n) is 30.5. The van der Waals surface area contributed by atoms with Crippen molar-refractivity contribution in [3.63, 3.8) is 0 Å². The van der Waals surface area contributed by atoms with Crippen LogP contribution in [0.2, 0.25) is 5.02 Å². The number of pyridine rings is 1. The number of fused-ring (bicyclic) bond motifs is 1. The van der Waals surface area contributed by atoms with E-state index in [-0.39, 0.29) is 42.1 Å². The van der Waals surface area contributed by atoms with Crippen LogP contribution >= 0.6 is 22.9 Å². The predicted molar refractivity (Wildman–Crippen MR) is 209 cm³/mol. The van der Waals surface area contributed by atoms with Gasteiger partial charge in [0.15, 0.2) is 5.13 Å². The first kappa shape index (κ1) is 37.3. The van der Waals surface area contributed by atoms with Crippen LogP contribution in [0.1, 0.15) is 53.8 Å². The van der Waals surface area contributed by atoms with Gasteiger partial charge in [-0.2, -0.15) is 0 Å². The number of benzene rings is 2. The molecule has 3 fully saturated rings. The third-order valence-electron chi connectivity index (χ3n) is 10.1. The highest BCUT2D eigenvalue weighted by Crippen LogP contribution is 2.35. The zero-order valence-corrected chi connectivity index (χ0v) is 32.0. The molecule has 5 amide bonds. The molecule has 0 spiro atoms. The molecule has 7 rings (SSSR count). The molecule has 54 heavy (non-hydrogen) atoms. The van der Waals surface area contributed by atoms with Crippen molar-refractivity contribution in [1.82, 2.24) is 24.7 Å². The van der Waals surface area contributed by atoms with Crippen LogP contribution in [0, 0.1) is 5.92 Å². The fourth-order valence-corrected chi connectivity index (χ4v) is 8.38. The van der Waals surface area contributed by atoms with E-state index in [1.54, 1.807) is 49.6 Å². The second-order valence-electron chi connectivity index (χ2n) is 14.2. The number of hydrogen-bond acceptors (Lipinski definition) is 10. The molecule has 2 aromatic heterocycles. The van der Waals surface area contributed by atoms with Gasteiger partial charge in [0.05, 0.1) is 32.6 Å². The number of carbonyl (C=O) groups excluding carboxylic acids is 4. The number of piperidine rings is 1. The predicted octanol–water partition coefficient (Wildman–Crippen LogP) is 4.81. The first-order valence-electron chi connectivity index (χ1n) is 18.2. The van der Waals surface area contributed by atoms with Gasteiger partial charge in [-0.15, -0.1) is 0 Å². The largest absolute Gasteiger partial charge is 0.490 e. The fourth-order valence-electron chi connectivity index (χ4n) is 7.12. The minimum absolute atomic E-state index is 0.0954. The fraction of sp³-hybridized carbons (Fsp3) is 0.421. The van der Waals surface area contributed by atoms with E-state index in [9.17, 15) is 24.0 Å². The van der Waals surface area contributed by atoms with Gasteiger partial charge >= 0.3 is 6.03 Å². The lowest BCUT2D eigenvalue weighted by Gasteiger charge is -2.39. The molecular formula is C38H43ClN8O6S. The summed E-state index contributed by atoms with van der Waals surface area (Å²) in [6.07, 6.45) is 3.44. The van der Waals surface area contributed by atoms with E-state index in [0.717, 1.165) is 60.9 Å². The van der Waals surface area contributed by atoms with Gasteiger partial charge in [-0.05, 0) is 69.0 Å². The molecule has 3 aliphatic heterocycles. The average Bonchev–Trinajstić information content (AvgIpc) is 3.57. The van der Waals surface area contributed by atoms with E-state index < -0.39 is 11.9 Å². The van der Waals surface area contributed by atoms with Crippen molar-refractivity contribution in [2.45, 2.75) is 39.2 Å². The molecule has 4 aromatic rings. The number of anilines is 3. The van der Waals surface area contributed by atoms with Gasteiger partial charge < -0.3 is 24.4 Å². The molecule has 3 aliphatic rings. The standard InChI is InChI=1S/C38H43ClN8O6S/c1-23(2)53-31-21-29-32(20-26(31)34(49)40-28-5-4-11-43(3)36(28)51)54-38(41-29)46-17-15-44(16-18-46)22-24-8-12-45(13-9-24)35(50)25-6-7-27(39)30(19-25)47-14-10-33(48)42-37(47)52/h4-7,11,19-21,23-24H,8-10,12-18,22H2,1-3H3,(H,40,49)(H,42,48,52). The summed E-state index contributed by atoms with van der Waals surface area (Å²) in [5, 5.41) is 6.29. The van der Waals surface area contributed by atoms with E-state index >= 15 is 0 Å². The number of carbonyl (C=O) groups is 4. The highest BCUT2D eigenvalue weighted by Gasteiger charge is 2.30. The van der Waals surface area contributed by atoms with E-state index in [2.05, 4.69) is 20.4 Å². The monoisotopic (exact) mass is 774 g/mol. The first-order valence-corrected chi connectivity index (χ1v) is 19.4. The summed E-state index contributed by atoms with van der Waals surface area (Å²) in [6, 6.07) is 11.3. The lowest BCUT2D eigenvalue weighted by Crippen LogP contribution is -2.50. The van der Waals surface area contributed by atoms with Crippen molar-refractivity contribution in [1.29, 1.82) is 0 Å². The quantitative estimate of drug-likeness (QED) is 0.245. The van der Waals surface area contributed by atoms with Crippen molar-refractivity contribution in [2.75, 3.05) is 67.5 Å². The zero-order chi connectivity index (χ0) is 38.1. The number of likely N-dealkylation sites (tertiary alicyclic amines) is 1. The number of aromatic nitrogens is 2. The molecule has 3 saturated heterocycles. The van der Waals surface area contributed by atoms with Crippen molar-refractivity contribution in [3.05, 3.63) is 75.2 Å². The maximum atomic E-state index is 13.5. The molecule has 284 valence electrons. The van der Waals surface area contributed by atoms with E-state index in [1.165, 1.54) is 20.8 Å². The smallest absolute Gasteiger partial charge is 0.328 e. The minimum atomic E-state index is -0.541. The number of nitrogens with one attached hydrogen (secondary N) is 2. The number of halogens is 1. The second-order valence-corrected chi connectivity index (χ2v) is 15.6. The van der Waals surface area contributed by atoms with Crippen LogP contribution in [0.15, 0.2) is 53.5 Å². The molecule has 5 heterocycles. The summed E-state index contributed by atoms with van der Waals surface area (Å²) < 4.78 is 8.31. The number of rotatable bonds is 9. The third-order valence-corrected chi connectivity index (χ3v) is 11.5. The van der Waals surface area contributed by atoms with Crippen molar-refractivity contribution in [3.8, 4) is 5.75 Å². The van der Waals surface area contributed by atoms with Crippen LogP contribution in [0.5, 0.6) is 5.75 Å². The first-order chi connectivity index (χ1) is 25.9. The van der Waals surface area contributed by atoms with Crippen LogP contribution in [0.3, 0.4) is 0 Å². The molecular weight excluding hydrogens is 732 g/mol. The molecule has 2 N–H and O–H groups in total. The Kier molecular flexibility index (Phi) is 10.9. The van der Waals surface area contributed by atoms with Gasteiger partial charge in [-0.3, -0.25) is 34.3 Å². The normalized spacial score (nSPS) is 17.3. The Morgan fingerprint density at radius 3 is 2.50 bits per heavy atom. The molecule has 0 bridgehead atoms. The number of urea groups is 1.